The van der Waals surface area contributed by atoms with E-state index in [0.717, 1.165) is 57.1 Å². The Morgan fingerprint density at radius 1 is 0.933 bits per heavy atom. The molecule has 4 aromatic rings. The summed E-state index contributed by atoms with van der Waals surface area (Å²) in [5.41, 5.74) is 3.00. The van der Waals surface area contributed by atoms with Gasteiger partial charge in [-0.15, -0.1) is 0 Å². The summed E-state index contributed by atoms with van der Waals surface area (Å²) in [5.74, 6) is 1.90. The van der Waals surface area contributed by atoms with Gasteiger partial charge in [0, 0.05) is 21.5 Å². The van der Waals surface area contributed by atoms with Crippen LogP contribution in [0.15, 0.2) is 46.9 Å². The van der Waals surface area contributed by atoms with E-state index >= 15 is 0 Å². The molecule has 1 aromatic heterocycles. The monoisotopic (exact) mass is 420 g/mol. The Labute approximate surface area is 180 Å². The third-order valence-electron chi connectivity index (χ3n) is 6.54. The van der Waals surface area contributed by atoms with Gasteiger partial charge < -0.3 is 13.6 Å². The van der Waals surface area contributed by atoms with Gasteiger partial charge in [-0.1, -0.05) is 52.3 Å². The van der Waals surface area contributed by atoms with E-state index in [1.807, 2.05) is 12.1 Å². The van der Waals surface area contributed by atoms with Crippen molar-refractivity contribution in [2.75, 3.05) is 7.11 Å². The second kappa shape index (κ2) is 7.35. The lowest BCUT2D eigenvalue weighted by Crippen LogP contribution is -2.44. The van der Waals surface area contributed by atoms with Crippen molar-refractivity contribution >= 4 is 41.0 Å². The van der Waals surface area contributed by atoms with Crippen LogP contribution in [-0.2, 0) is 6.42 Å². The van der Waals surface area contributed by atoms with Crippen molar-refractivity contribution in [1.29, 1.82) is 0 Å². The first kappa shape index (κ1) is 20.8. The van der Waals surface area contributed by atoms with Gasteiger partial charge in [0.1, 0.15) is 22.7 Å². The highest BCUT2D eigenvalue weighted by molar-refractivity contribution is 6.74. The number of rotatable bonds is 5. The largest absolute Gasteiger partial charge is 0.543 e. The zero-order valence-electron chi connectivity index (χ0n) is 19.2. The summed E-state index contributed by atoms with van der Waals surface area (Å²) in [6.07, 6.45) is 1.99. The maximum absolute atomic E-state index is 7.03. The molecule has 0 unspecified atom stereocenters. The molecule has 0 aliphatic carbocycles. The lowest BCUT2D eigenvalue weighted by molar-refractivity contribution is 0.418. The van der Waals surface area contributed by atoms with Crippen molar-refractivity contribution in [3.8, 4) is 11.5 Å². The Balaban J connectivity index is 2.17. The van der Waals surface area contributed by atoms with Gasteiger partial charge in [-0.25, -0.2) is 0 Å². The zero-order valence-corrected chi connectivity index (χ0v) is 20.2. The number of furan rings is 1. The van der Waals surface area contributed by atoms with E-state index in [0.29, 0.717) is 0 Å². The number of fused-ring (bicyclic) bond motifs is 5. The highest BCUT2D eigenvalue weighted by Gasteiger charge is 2.40. The number of benzene rings is 3. The molecule has 0 radical (unpaired) electrons. The lowest BCUT2D eigenvalue weighted by Gasteiger charge is -2.37. The Hall–Kier alpha value is -2.46. The minimum atomic E-state index is -2.06. The molecule has 30 heavy (non-hydrogen) atoms. The van der Waals surface area contributed by atoms with Gasteiger partial charge in [0.25, 0.3) is 8.32 Å². The van der Waals surface area contributed by atoms with E-state index in [2.05, 4.69) is 71.1 Å². The van der Waals surface area contributed by atoms with Gasteiger partial charge in [-0.2, -0.15) is 0 Å². The van der Waals surface area contributed by atoms with E-state index in [4.69, 9.17) is 13.6 Å². The normalized spacial score (nSPS) is 12.8. The molecule has 0 spiro atoms. The summed E-state index contributed by atoms with van der Waals surface area (Å²) in [4.78, 5) is 0. The van der Waals surface area contributed by atoms with E-state index in [1.54, 1.807) is 7.11 Å². The molecule has 3 nitrogen and oxygen atoms in total. The fourth-order valence-corrected chi connectivity index (χ4v) is 4.92. The summed E-state index contributed by atoms with van der Waals surface area (Å²) >= 11 is 0. The van der Waals surface area contributed by atoms with Gasteiger partial charge in [0.15, 0.2) is 0 Å². The number of aryl methyl sites for hydroxylation is 1. The van der Waals surface area contributed by atoms with Crippen LogP contribution in [0, 0.1) is 0 Å². The van der Waals surface area contributed by atoms with Crippen LogP contribution in [0.25, 0.3) is 32.7 Å². The Morgan fingerprint density at radius 2 is 1.67 bits per heavy atom. The molecule has 0 saturated heterocycles. The van der Waals surface area contributed by atoms with Gasteiger partial charge >= 0.3 is 0 Å². The third-order valence-corrected chi connectivity index (χ3v) is 10.9. The molecule has 4 heteroatoms. The van der Waals surface area contributed by atoms with Gasteiger partial charge in [-0.3, -0.25) is 0 Å². The first-order valence-corrected chi connectivity index (χ1v) is 13.7. The third kappa shape index (κ3) is 3.27. The average Bonchev–Trinajstić information content (AvgIpc) is 3.07. The van der Waals surface area contributed by atoms with Crippen molar-refractivity contribution < 1.29 is 13.6 Å². The second-order valence-electron chi connectivity index (χ2n) is 9.64. The summed E-state index contributed by atoms with van der Waals surface area (Å²) in [5, 5.41) is 4.53. The number of ether oxygens (including phenoxy) is 1. The van der Waals surface area contributed by atoms with Crippen LogP contribution in [0.4, 0.5) is 0 Å². The lowest BCUT2D eigenvalue weighted by atomic mass is 9.97. The first-order chi connectivity index (χ1) is 14.2. The first-order valence-electron chi connectivity index (χ1n) is 10.8. The van der Waals surface area contributed by atoms with Crippen LogP contribution in [0.5, 0.6) is 11.5 Å². The smallest absolute Gasteiger partial charge is 0.250 e. The Kier molecular flexibility index (Phi) is 5.09. The molecule has 0 N–H and O–H groups in total. The molecular formula is C26H32O3Si. The SMILES string of the molecule is CCCc1cc(OC)c2ccc3oc4ccccc4c3c2c1O[Si](C)(C)C(C)(C)C. The summed E-state index contributed by atoms with van der Waals surface area (Å²) < 4.78 is 19.1. The summed E-state index contributed by atoms with van der Waals surface area (Å²) in [6, 6.07) is 14.6. The molecule has 3 aromatic carbocycles. The van der Waals surface area contributed by atoms with E-state index in [9.17, 15) is 0 Å². The predicted octanol–water partition coefficient (Wildman–Crippen LogP) is 8.08. The average molecular weight is 421 g/mol. The molecule has 0 aliphatic rings. The van der Waals surface area contributed by atoms with Crippen LogP contribution in [0.3, 0.4) is 0 Å². The molecule has 0 atom stereocenters. The van der Waals surface area contributed by atoms with Gasteiger partial charge in [-0.05, 0) is 54.4 Å². The minimum Gasteiger partial charge on any atom is -0.543 e. The predicted molar refractivity (Wildman–Crippen MR) is 130 cm³/mol. The van der Waals surface area contributed by atoms with Crippen LogP contribution in [0.2, 0.25) is 18.1 Å². The number of hydrogen-bond donors (Lipinski definition) is 0. The Bertz CT molecular complexity index is 1230. The summed E-state index contributed by atoms with van der Waals surface area (Å²) in [6.45, 7) is 13.7. The molecule has 0 fully saturated rings. The van der Waals surface area contributed by atoms with Crippen LogP contribution in [0.1, 0.15) is 39.7 Å². The summed E-state index contributed by atoms with van der Waals surface area (Å²) in [7, 11) is -0.310. The van der Waals surface area contributed by atoms with Gasteiger partial charge in [0.2, 0.25) is 0 Å². The highest BCUT2D eigenvalue weighted by atomic mass is 28.4. The molecule has 4 rings (SSSR count). The Morgan fingerprint density at radius 3 is 2.33 bits per heavy atom. The molecular weight excluding hydrogens is 388 g/mol. The van der Waals surface area contributed by atoms with Gasteiger partial charge in [0.05, 0.1) is 7.11 Å². The fraction of sp³-hybridized carbons (Fsp3) is 0.385. The number of para-hydroxylation sites is 1. The quantitative estimate of drug-likeness (QED) is 0.306. The zero-order chi connectivity index (χ0) is 21.7. The highest BCUT2D eigenvalue weighted by Crippen LogP contribution is 2.47. The van der Waals surface area contributed by atoms with Crippen molar-refractivity contribution in [2.45, 2.75) is 58.7 Å². The number of methoxy groups -OCH3 is 1. The van der Waals surface area contributed by atoms with E-state index in [-0.39, 0.29) is 5.04 Å². The molecule has 0 aliphatic heterocycles. The molecule has 1 heterocycles. The topological polar surface area (TPSA) is 31.6 Å². The minimum absolute atomic E-state index is 0.106. The molecule has 0 bridgehead atoms. The standard InChI is InChI=1S/C26H32O3Si/c1-8-11-17-16-22(27-5)19-14-15-21-23(18-12-9-10-13-20(18)28-21)24(19)25(17)29-30(6,7)26(2,3)4/h9-10,12-16H,8,11H2,1-7H3. The molecule has 0 saturated carbocycles. The molecule has 158 valence electrons. The fourth-order valence-electron chi connectivity index (χ4n) is 3.87. The van der Waals surface area contributed by atoms with Crippen molar-refractivity contribution in [3.63, 3.8) is 0 Å². The van der Waals surface area contributed by atoms with Crippen molar-refractivity contribution in [2.24, 2.45) is 0 Å². The maximum Gasteiger partial charge on any atom is 0.250 e. The van der Waals surface area contributed by atoms with Crippen molar-refractivity contribution in [3.05, 3.63) is 48.0 Å². The van der Waals surface area contributed by atoms with E-state index in [1.165, 1.54) is 5.56 Å². The van der Waals surface area contributed by atoms with Crippen LogP contribution >= 0.6 is 0 Å². The maximum atomic E-state index is 7.03. The van der Waals surface area contributed by atoms with Crippen LogP contribution in [-0.4, -0.2) is 15.4 Å². The number of hydrogen-bond acceptors (Lipinski definition) is 3. The van der Waals surface area contributed by atoms with Crippen LogP contribution < -0.4 is 9.16 Å². The molecule has 0 amide bonds. The van der Waals surface area contributed by atoms with E-state index < -0.39 is 8.32 Å². The second-order valence-corrected chi connectivity index (χ2v) is 14.4. The van der Waals surface area contributed by atoms with Crippen molar-refractivity contribution in [1.82, 2.24) is 0 Å².